The minimum atomic E-state index is -0.536. The molecule has 2 heterocycles. The van der Waals surface area contributed by atoms with Crippen LogP contribution < -0.4 is 0 Å². The summed E-state index contributed by atoms with van der Waals surface area (Å²) in [5.41, 5.74) is 0.862. The first-order valence-corrected chi connectivity index (χ1v) is 7.11. The fourth-order valence-electron chi connectivity index (χ4n) is 1.91. The van der Waals surface area contributed by atoms with E-state index in [1.165, 1.54) is 0 Å². The summed E-state index contributed by atoms with van der Waals surface area (Å²) in [5.74, 6) is -0.413. The minimum absolute atomic E-state index is 0.158. The number of pyridine rings is 2. The van der Waals surface area contributed by atoms with Gasteiger partial charge in [0.2, 0.25) is 0 Å². The minimum Gasteiger partial charge on any atom is -0.458 e. The standard InChI is InChI=1S/C17H20N2O3/c1-17(2,3)22-15(20)12-21-16(13-8-4-6-10-18-13)14-9-5-7-11-19-14/h4-11,16H,12H2,1-3H3. The van der Waals surface area contributed by atoms with Crippen molar-refractivity contribution in [1.29, 1.82) is 0 Å². The van der Waals surface area contributed by atoms with Crippen LogP contribution in [0.5, 0.6) is 0 Å². The van der Waals surface area contributed by atoms with Gasteiger partial charge in [-0.1, -0.05) is 12.1 Å². The molecule has 0 spiro atoms. The van der Waals surface area contributed by atoms with E-state index in [0.29, 0.717) is 11.4 Å². The van der Waals surface area contributed by atoms with Crippen LogP contribution in [0.15, 0.2) is 48.8 Å². The average Bonchev–Trinajstić information content (AvgIpc) is 2.48. The van der Waals surface area contributed by atoms with E-state index < -0.39 is 17.7 Å². The van der Waals surface area contributed by atoms with Crippen molar-refractivity contribution in [2.24, 2.45) is 0 Å². The SMILES string of the molecule is CC(C)(C)OC(=O)COC(c1ccccn1)c1ccccn1. The molecule has 0 aliphatic heterocycles. The molecule has 0 N–H and O–H groups in total. The molecule has 2 aromatic rings. The van der Waals surface area contributed by atoms with Gasteiger partial charge >= 0.3 is 5.97 Å². The van der Waals surface area contributed by atoms with Crippen molar-refractivity contribution < 1.29 is 14.3 Å². The van der Waals surface area contributed by atoms with Crippen molar-refractivity contribution >= 4 is 5.97 Å². The van der Waals surface area contributed by atoms with Crippen molar-refractivity contribution in [3.8, 4) is 0 Å². The summed E-state index contributed by atoms with van der Waals surface area (Å²) in [7, 11) is 0. The zero-order valence-corrected chi connectivity index (χ0v) is 13.0. The molecule has 0 unspecified atom stereocenters. The summed E-state index contributed by atoms with van der Waals surface area (Å²) in [5, 5.41) is 0. The lowest BCUT2D eigenvalue weighted by molar-refractivity contribution is -0.161. The van der Waals surface area contributed by atoms with Crippen LogP contribution >= 0.6 is 0 Å². The van der Waals surface area contributed by atoms with Gasteiger partial charge in [0.25, 0.3) is 0 Å². The highest BCUT2D eigenvalue weighted by atomic mass is 16.6. The Morgan fingerprint density at radius 1 is 1.05 bits per heavy atom. The number of nitrogens with zero attached hydrogens (tertiary/aromatic N) is 2. The predicted molar refractivity (Wildman–Crippen MR) is 82.1 cm³/mol. The Hall–Kier alpha value is -2.27. The normalized spacial score (nSPS) is 11.5. The number of carbonyl (C=O) groups is 1. The van der Waals surface area contributed by atoms with Gasteiger partial charge < -0.3 is 9.47 Å². The lowest BCUT2D eigenvalue weighted by Gasteiger charge is -2.21. The molecule has 0 aromatic carbocycles. The molecule has 0 aliphatic rings. The molecule has 5 heteroatoms. The smallest absolute Gasteiger partial charge is 0.332 e. The summed E-state index contributed by atoms with van der Waals surface area (Å²) >= 11 is 0. The number of esters is 1. The van der Waals surface area contributed by atoms with E-state index in [1.54, 1.807) is 12.4 Å². The summed E-state index contributed by atoms with van der Waals surface area (Å²) in [4.78, 5) is 20.4. The van der Waals surface area contributed by atoms with Crippen molar-refractivity contribution in [3.05, 3.63) is 60.2 Å². The molecule has 116 valence electrons. The van der Waals surface area contributed by atoms with Crippen LogP contribution in [0, 0.1) is 0 Å². The second-order valence-corrected chi connectivity index (χ2v) is 5.79. The highest BCUT2D eigenvalue weighted by Crippen LogP contribution is 2.22. The maximum absolute atomic E-state index is 11.8. The fourth-order valence-corrected chi connectivity index (χ4v) is 1.91. The van der Waals surface area contributed by atoms with Crippen molar-refractivity contribution in [2.45, 2.75) is 32.5 Å². The van der Waals surface area contributed by atoms with E-state index in [-0.39, 0.29) is 6.61 Å². The van der Waals surface area contributed by atoms with E-state index in [2.05, 4.69) is 9.97 Å². The lowest BCUT2D eigenvalue weighted by Crippen LogP contribution is -2.27. The second-order valence-electron chi connectivity index (χ2n) is 5.79. The molecular weight excluding hydrogens is 280 g/mol. The largest absolute Gasteiger partial charge is 0.458 e. The molecule has 0 saturated carbocycles. The highest BCUT2D eigenvalue weighted by molar-refractivity contribution is 5.71. The van der Waals surface area contributed by atoms with Crippen LogP contribution in [-0.4, -0.2) is 28.1 Å². The van der Waals surface area contributed by atoms with Gasteiger partial charge in [-0.05, 0) is 45.0 Å². The molecule has 0 saturated heterocycles. The Balaban J connectivity index is 2.11. The predicted octanol–water partition coefficient (Wildman–Crippen LogP) is 2.92. The molecule has 0 bridgehead atoms. The monoisotopic (exact) mass is 300 g/mol. The van der Waals surface area contributed by atoms with Gasteiger partial charge in [-0.3, -0.25) is 9.97 Å². The Morgan fingerprint density at radius 2 is 1.59 bits per heavy atom. The number of carbonyl (C=O) groups excluding carboxylic acids is 1. The number of hydrogen-bond acceptors (Lipinski definition) is 5. The molecule has 0 radical (unpaired) electrons. The fraction of sp³-hybridized carbons (Fsp3) is 0.353. The van der Waals surface area contributed by atoms with Gasteiger partial charge in [-0.2, -0.15) is 0 Å². The van der Waals surface area contributed by atoms with Gasteiger partial charge in [0, 0.05) is 12.4 Å². The van der Waals surface area contributed by atoms with E-state index in [4.69, 9.17) is 9.47 Å². The third-order valence-electron chi connectivity index (χ3n) is 2.70. The van der Waals surface area contributed by atoms with Gasteiger partial charge in [0.05, 0.1) is 11.4 Å². The van der Waals surface area contributed by atoms with Crippen LogP contribution in [0.3, 0.4) is 0 Å². The van der Waals surface area contributed by atoms with Crippen LogP contribution in [0.4, 0.5) is 0 Å². The topological polar surface area (TPSA) is 61.3 Å². The first-order valence-electron chi connectivity index (χ1n) is 7.11. The summed E-state index contributed by atoms with van der Waals surface area (Å²) in [6.07, 6.45) is 2.86. The van der Waals surface area contributed by atoms with Gasteiger partial charge in [-0.25, -0.2) is 4.79 Å². The molecule has 0 atom stereocenters. The Labute approximate surface area is 130 Å². The molecule has 5 nitrogen and oxygen atoms in total. The molecule has 0 amide bonds. The van der Waals surface area contributed by atoms with E-state index in [1.807, 2.05) is 57.2 Å². The Bertz CT molecular complexity index is 555. The zero-order valence-electron chi connectivity index (χ0n) is 13.0. The van der Waals surface area contributed by atoms with Crippen LogP contribution in [0.25, 0.3) is 0 Å². The molecule has 0 aliphatic carbocycles. The van der Waals surface area contributed by atoms with Crippen LogP contribution in [0.1, 0.15) is 38.3 Å². The average molecular weight is 300 g/mol. The second kappa shape index (κ2) is 7.13. The first-order chi connectivity index (χ1) is 10.5. The zero-order chi connectivity index (χ0) is 16.0. The lowest BCUT2D eigenvalue weighted by atomic mass is 10.1. The number of rotatable bonds is 5. The van der Waals surface area contributed by atoms with Crippen molar-refractivity contribution in [2.75, 3.05) is 6.61 Å². The molecule has 2 rings (SSSR count). The molecule has 0 fully saturated rings. The molecule has 2 aromatic heterocycles. The van der Waals surface area contributed by atoms with Crippen LogP contribution in [-0.2, 0) is 14.3 Å². The summed E-state index contributed by atoms with van der Waals surface area (Å²) < 4.78 is 11.0. The molecular formula is C17H20N2O3. The van der Waals surface area contributed by atoms with Crippen LogP contribution in [0.2, 0.25) is 0 Å². The third-order valence-corrected chi connectivity index (χ3v) is 2.70. The van der Waals surface area contributed by atoms with E-state index in [0.717, 1.165) is 0 Å². The maximum Gasteiger partial charge on any atom is 0.332 e. The van der Waals surface area contributed by atoms with Crippen molar-refractivity contribution in [1.82, 2.24) is 9.97 Å². The van der Waals surface area contributed by atoms with E-state index in [9.17, 15) is 4.79 Å². The summed E-state index contributed by atoms with van der Waals surface area (Å²) in [6.45, 7) is 5.30. The number of ether oxygens (including phenoxy) is 2. The maximum atomic E-state index is 11.8. The van der Waals surface area contributed by atoms with E-state index >= 15 is 0 Å². The summed E-state index contributed by atoms with van der Waals surface area (Å²) in [6, 6.07) is 11.1. The quantitative estimate of drug-likeness (QED) is 0.795. The first kappa shape index (κ1) is 16.1. The van der Waals surface area contributed by atoms with Crippen molar-refractivity contribution in [3.63, 3.8) is 0 Å². The third kappa shape index (κ3) is 4.93. The molecule has 22 heavy (non-hydrogen) atoms. The Morgan fingerprint density at radius 3 is 2.00 bits per heavy atom. The van der Waals surface area contributed by atoms with Gasteiger partial charge in [0.15, 0.2) is 0 Å². The highest BCUT2D eigenvalue weighted by Gasteiger charge is 2.21. The number of aromatic nitrogens is 2. The van der Waals surface area contributed by atoms with Gasteiger partial charge in [-0.15, -0.1) is 0 Å². The Kier molecular flexibility index (Phi) is 5.22. The number of hydrogen-bond donors (Lipinski definition) is 0. The van der Waals surface area contributed by atoms with Gasteiger partial charge in [0.1, 0.15) is 18.3 Å².